The SMILES string of the molecule is Cc1[nH]cnc1CC(O)(P(=O)(O)O)P(=O)(O)O.Cc1nc(CC(P(=O)(O)O)P(=O)(O)O)cs1. The number of nitrogens with one attached hydrogen (secondary N) is 1. The first-order chi connectivity index (χ1) is 14.6. The lowest BCUT2D eigenvalue weighted by Crippen LogP contribution is -2.31. The molecule has 2 aromatic rings. The smallest absolute Gasteiger partial charge is 0.367 e. The Balaban J connectivity index is 0.000000331. The van der Waals surface area contributed by atoms with Crippen molar-refractivity contribution < 1.29 is 62.5 Å². The van der Waals surface area contributed by atoms with Gasteiger partial charge < -0.3 is 49.2 Å². The molecule has 0 fully saturated rings. The van der Waals surface area contributed by atoms with Crippen LogP contribution in [-0.2, 0) is 31.1 Å². The zero-order valence-electron chi connectivity index (χ0n) is 16.9. The summed E-state index contributed by atoms with van der Waals surface area (Å²) in [5.41, 5.74) is 0.601. The summed E-state index contributed by atoms with van der Waals surface area (Å²) in [4.78, 5) is 81.2. The van der Waals surface area contributed by atoms with Crippen LogP contribution in [0.2, 0.25) is 0 Å². The van der Waals surface area contributed by atoms with E-state index in [1.807, 2.05) is 0 Å². The quantitative estimate of drug-likeness (QED) is 0.185. The monoisotopic (exact) mass is 573 g/mol. The van der Waals surface area contributed by atoms with Gasteiger partial charge in [0, 0.05) is 23.9 Å². The van der Waals surface area contributed by atoms with Crippen molar-refractivity contribution in [3.05, 3.63) is 33.8 Å². The van der Waals surface area contributed by atoms with Gasteiger partial charge >= 0.3 is 30.4 Å². The number of hydrogen-bond acceptors (Lipinski definition) is 8. The predicted octanol–water partition coefficient (Wildman–Crippen LogP) is -0.0624. The second-order valence-corrected chi connectivity index (χ2v) is 15.8. The molecule has 0 amide bonds. The molecule has 0 unspecified atom stereocenters. The fraction of sp³-hybridized carbons (Fsp3) is 0.500. The number of aliphatic hydroxyl groups is 1. The Hall–Kier alpha value is -0.600. The van der Waals surface area contributed by atoms with E-state index in [1.165, 1.54) is 30.0 Å². The molecule has 2 heterocycles. The average molecular weight is 573 g/mol. The number of rotatable bonds is 8. The zero-order valence-corrected chi connectivity index (χ0v) is 21.3. The predicted molar refractivity (Wildman–Crippen MR) is 114 cm³/mol. The third-order valence-electron chi connectivity index (χ3n) is 4.11. The van der Waals surface area contributed by atoms with Gasteiger partial charge in [-0.05, 0) is 13.8 Å². The summed E-state index contributed by atoms with van der Waals surface area (Å²) in [6, 6.07) is 0. The summed E-state index contributed by atoms with van der Waals surface area (Å²) in [6.45, 7) is 3.18. The lowest BCUT2D eigenvalue weighted by molar-refractivity contribution is 0.130. The number of aromatic nitrogens is 3. The largest absolute Gasteiger partial charge is 0.369 e. The van der Waals surface area contributed by atoms with E-state index >= 15 is 0 Å². The van der Waals surface area contributed by atoms with E-state index in [0.717, 1.165) is 0 Å². The lowest BCUT2D eigenvalue weighted by atomic mass is 10.3. The second-order valence-electron chi connectivity index (χ2n) is 6.73. The van der Waals surface area contributed by atoms with Crippen LogP contribution in [0.3, 0.4) is 0 Å². The zero-order chi connectivity index (χ0) is 26.0. The van der Waals surface area contributed by atoms with Gasteiger partial charge in [0.15, 0.2) is 5.40 Å². The molecule has 0 atom stereocenters. The van der Waals surface area contributed by atoms with Gasteiger partial charge in [-0.1, -0.05) is 0 Å². The van der Waals surface area contributed by atoms with Crippen LogP contribution in [0.5, 0.6) is 0 Å². The number of hydrogen-bond donors (Lipinski definition) is 10. The third-order valence-corrected chi connectivity index (χ3v) is 12.4. The van der Waals surface area contributed by atoms with Gasteiger partial charge in [0.2, 0.25) is 0 Å². The summed E-state index contributed by atoms with van der Waals surface area (Å²) < 4.78 is 44.0. The van der Waals surface area contributed by atoms with E-state index in [4.69, 9.17) is 39.1 Å². The minimum Gasteiger partial charge on any atom is -0.367 e. The maximum atomic E-state index is 11.1. The first-order valence-corrected chi connectivity index (χ1v) is 15.9. The van der Waals surface area contributed by atoms with Gasteiger partial charge in [-0.3, -0.25) is 18.3 Å². The molecule has 33 heavy (non-hydrogen) atoms. The van der Waals surface area contributed by atoms with E-state index in [0.29, 0.717) is 10.7 Å². The minimum atomic E-state index is -5.43. The van der Waals surface area contributed by atoms with Crippen molar-refractivity contribution in [1.29, 1.82) is 0 Å². The normalized spacial score (nSPS) is 13.7. The molecule has 2 aromatic heterocycles. The molecule has 0 aliphatic rings. The molecule has 0 bridgehead atoms. The molecule has 0 aliphatic carbocycles. The van der Waals surface area contributed by atoms with Gasteiger partial charge in [0.25, 0.3) is 5.08 Å². The van der Waals surface area contributed by atoms with E-state index < -0.39 is 53.7 Å². The Morgan fingerprint density at radius 3 is 1.76 bits per heavy atom. The molecule has 0 spiro atoms. The van der Waals surface area contributed by atoms with Gasteiger partial charge in [0.05, 0.1) is 22.7 Å². The highest BCUT2D eigenvalue weighted by Crippen LogP contribution is 2.68. The number of imidazole rings is 1. The van der Waals surface area contributed by atoms with Crippen molar-refractivity contribution in [1.82, 2.24) is 15.0 Å². The molecular weight excluding hydrogens is 550 g/mol. The lowest BCUT2D eigenvalue weighted by Gasteiger charge is -2.28. The van der Waals surface area contributed by atoms with Crippen LogP contribution in [0.1, 0.15) is 22.1 Å². The standard InChI is InChI=1S/C6H12N2O7P2.C6H11NO6P2S/c1-4-5(8-3-7-4)2-6(9,16(10,11)12)17(13,14)15;1-4-7-5(3-16-4)2-6(14(8,9)10)15(11,12)13/h3,9H,2H2,1H3,(H,7,8)(H2,10,11,12)(H2,13,14,15);3,6H,2H2,1H3,(H2,8,9,10)(H2,11,12,13). The number of aromatic amines is 1. The number of aryl methyl sites for hydroxylation is 2. The molecule has 2 rings (SSSR count). The van der Waals surface area contributed by atoms with E-state index in [2.05, 4.69) is 15.0 Å². The van der Waals surface area contributed by atoms with E-state index in [1.54, 1.807) is 6.92 Å². The summed E-state index contributed by atoms with van der Waals surface area (Å²) in [7, 11) is -20.6. The van der Waals surface area contributed by atoms with Gasteiger partial charge in [-0.15, -0.1) is 11.3 Å². The molecule has 21 heteroatoms. The van der Waals surface area contributed by atoms with Crippen molar-refractivity contribution in [3.8, 4) is 0 Å². The van der Waals surface area contributed by atoms with Crippen LogP contribution < -0.4 is 0 Å². The summed E-state index contributed by atoms with van der Waals surface area (Å²) in [5, 5.41) is 6.32. The molecule has 190 valence electrons. The first kappa shape index (κ1) is 30.4. The van der Waals surface area contributed by atoms with Crippen LogP contribution in [0.25, 0.3) is 0 Å². The highest BCUT2D eigenvalue weighted by molar-refractivity contribution is 7.72. The Morgan fingerprint density at radius 2 is 1.45 bits per heavy atom. The van der Waals surface area contributed by atoms with Crippen LogP contribution in [0.15, 0.2) is 11.7 Å². The molecule has 0 aliphatic heterocycles. The maximum absolute atomic E-state index is 11.1. The van der Waals surface area contributed by atoms with Crippen molar-refractivity contribution in [2.75, 3.05) is 0 Å². The van der Waals surface area contributed by atoms with Crippen molar-refractivity contribution in [2.45, 2.75) is 37.2 Å². The topological polar surface area (TPSA) is 292 Å². The highest BCUT2D eigenvalue weighted by Gasteiger charge is 2.59. The van der Waals surface area contributed by atoms with Gasteiger partial charge in [0.1, 0.15) is 0 Å². The first-order valence-electron chi connectivity index (χ1n) is 8.43. The van der Waals surface area contributed by atoms with Gasteiger partial charge in [-0.2, -0.15) is 0 Å². The van der Waals surface area contributed by atoms with Crippen LogP contribution in [0, 0.1) is 13.8 Å². The number of H-pyrrole nitrogens is 1. The minimum absolute atomic E-state index is 0.0286. The number of thiazole rings is 1. The third kappa shape index (κ3) is 8.24. The maximum Gasteiger partial charge on any atom is 0.369 e. The molecule has 0 saturated carbocycles. The molecule has 0 saturated heterocycles. The fourth-order valence-corrected chi connectivity index (χ4v) is 7.40. The van der Waals surface area contributed by atoms with Crippen LogP contribution in [0.4, 0.5) is 0 Å². The molecule has 0 radical (unpaired) electrons. The average Bonchev–Trinajstić information content (AvgIpc) is 3.17. The molecule has 0 aromatic carbocycles. The summed E-state index contributed by atoms with van der Waals surface area (Å²) in [6.07, 6.45) is -0.194. The Morgan fingerprint density at radius 1 is 0.970 bits per heavy atom. The Labute approximate surface area is 190 Å². The van der Waals surface area contributed by atoms with Crippen molar-refractivity contribution in [2.24, 2.45) is 0 Å². The van der Waals surface area contributed by atoms with Gasteiger partial charge in [-0.25, -0.2) is 9.97 Å². The second kappa shape index (κ2) is 10.6. The van der Waals surface area contributed by atoms with E-state index in [-0.39, 0.29) is 11.4 Å². The summed E-state index contributed by atoms with van der Waals surface area (Å²) >= 11 is 1.25. The van der Waals surface area contributed by atoms with Crippen LogP contribution >= 0.6 is 41.7 Å². The highest BCUT2D eigenvalue weighted by atomic mass is 32.1. The fourth-order valence-electron chi connectivity index (χ4n) is 2.29. The Kier molecular flexibility index (Phi) is 9.75. The molecule has 10 N–H and O–H groups in total. The van der Waals surface area contributed by atoms with Crippen molar-refractivity contribution >= 4 is 41.7 Å². The van der Waals surface area contributed by atoms with E-state index in [9.17, 15) is 23.4 Å². The molecule has 16 nitrogen and oxygen atoms in total. The van der Waals surface area contributed by atoms with Crippen molar-refractivity contribution in [3.63, 3.8) is 0 Å². The van der Waals surface area contributed by atoms with Crippen LogP contribution in [-0.4, -0.2) is 69.7 Å². The molecular formula is C12H23N3O13P4S. The number of nitrogens with zero attached hydrogens (tertiary/aromatic N) is 2. The Bertz CT molecular complexity index is 1100. The summed E-state index contributed by atoms with van der Waals surface area (Å²) in [5.74, 6) is 0.